The van der Waals surface area contributed by atoms with Crippen molar-refractivity contribution in [3.05, 3.63) is 165 Å². The summed E-state index contributed by atoms with van der Waals surface area (Å²) in [6, 6.07) is 27.3. The molecular weight excluding hydrogens is 849 g/mol. The van der Waals surface area contributed by atoms with Crippen LogP contribution in [0.3, 0.4) is 0 Å². The molecule has 5 aromatic carbocycles. The normalized spacial score (nSPS) is 11.3. The fraction of sp³-hybridized carbons (Fsp3) is 0.136. The van der Waals surface area contributed by atoms with E-state index in [0.717, 1.165) is 47.5 Å². The zero-order valence-electron chi connectivity index (χ0n) is 32.1. The number of ether oxygens (including phenoxy) is 2. The molecular formula is C44H34O12S4. The van der Waals surface area contributed by atoms with E-state index in [1.165, 1.54) is 47.8 Å². The van der Waals surface area contributed by atoms with Gasteiger partial charge in [0, 0.05) is 9.49 Å². The fourth-order valence-electron chi connectivity index (χ4n) is 5.68. The van der Waals surface area contributed by atoms with Crippen LogP contribution in [0, 0.1) is 0 Å². The number of carboxylic acids is 4. The Balaban J connectivity index is 1.18. The minimum Gasteiger partial charge on any atom is -0.478 e. The molecule has 0 heterocycles. The summed E-state index contributed by atoms with van der Waals surface area (Å²) in [5.41, 5.74) is 1.30. The summed E-state index contributed by atoms with van der Waals surface area (Å²) in [6.07, 6.45) is 0. The molecule has 0 saturated carbocycles. The Morgan fingerprint density at radius 1 is 0.433 bits per heavy atom. The second-order valence-corrected chi connectivity index (χ2v) is 18.5. The number of rotatable bonds is 14. The monoisotopic (exact) mass is 882 g/mol. The lowest BCUT2D eigenvalue weighted by atomic mass is 9.96. The third-order valence-electron chi connectivity index (χ3n) is 9.01. The van der Waals surface area contributed by atoms with Gasteiger partial charge in [0.05, 0.1) is 41.8 Å². The summed E-state index contributed by atoms with van der Waals surface area (Å²) in [5.74, 6) is -7.23. The van der Waals surface area contributed by atoms with E-state index in [1.807, 2.05) is 52.0 Å². The van der Waals surface area contributed by atoms with E-state index >= 15 is 0 Å². The number of hydrogen-bond acceptors (Lipinski definition) is 12. The Kier molecular flexibility index (Phi) is 13.8. The standard InChI is InChI=1S/C44H34O12S4/c1-43(2,59-41(57)23-5-15-29(16-6-23)55-39(53)31-19-9-25(35(45)46)21-33(31)37(49)50)27-11-13-28(14-12-27)44(3,4)60-42(58)24-7-17-30(18-8-24)56-40(54)32-20-10-26(36(47)48)22-34(32)38(51)52/h5-22H,1-4H3,(H,45,46)(H,47,48)(H,49,50)(H,51,52). The van der Waals surface area contributed by atoms with Crippen molar-refractivity contribution in [3.63, 3.8) is 0 Å². The molecule has 0 amide bonds. The maximum absolute atomic E-state index is 12.8. The van der Waals surface area contributed by atoms with Crippen LogP contribution in [0.4, 0.5) is 0 Å². The molecule has 0 aliphatic heterocycles. The molecule has 5 rings (SSSR count). The van der Waals surface area contributed by atoms with Crippen molar-refractivity contribution in [3.8, 4) is 11.5 Å². The van der Waals surface area contributed by atoms with Gasteiger partial charge in [0.2, 0.25) is 0 Å². The van der Waals surface area contributed by atoms with E-state index in [0.29, 0.717) is 19.5 Å². The van der Waals surface area contributed by atoms with Gasteiger partial charge in [-0.05, 0) is 135 Å². The van der Waals surface area contributed by atoms with Gasteiger partial charge in [0.15, 0.2) is 0 Å². The minimum atomic E-state index is -1.47. The van der Waals surface area contributed by atoms with Crippen molar-refractivity contribution in [2.24, 2.45) is 0 Å². The third kappa shape index (κ3) is 10.7. The van der Waals surface area contributed by atoms with Gasteiger partial charge in [-0.25, -0.2) is 28.8 Å². The summed E-state index contributed by atoms with van der Waals surface area (Å²) in [7, 11) is 0. The van der Waals surface area contributed by atoms with Crippen LogP contribution < -0.4 is 9.47 Å². The maximum Gasteiger partial charge on any atom is 0.344 e. The number of esters is 2. The number of thioether (sulfide) groups is 2. The first-order chi connectivity index (χ1) is 28.2. The molecule has 60 heavy (non-hydrogen) atoms. The lowest BCUT2D eigenvalue weighted by Crippen LogP contribution is -2.18. The first-order valence-electron chi connectivity index (χ1n) is 17.6. The molecule has 306 valence electrons. The van der Waals surface area contributed by atoms with Crippen LogP contribution in [-0.2, 0) is 9.49 Å². The Bertz CT molecular complexity index is 2380. The van der Waals surface area contributed by atoms with E-state index in [2.05, 4.69) is 0 Å². The molecule has 12 nitrogen and oxygen atoms in total. The van der Waals surface area contributed by atoms with Crippen molar-refractivity contribution in [1.82, 2.24) is 0 Å². The predicted molar refractivity (Wildman–Crippen MR) is 235 cm³/mol. The van der Waals surface area contributed by atoms with Crippen LogP contribution in [0.25, 0.3) is 0 Å². The first kappa shape index (κ1) is 44.9. The van der Waals surface area contributed by atoms with Crippen molar-refractivity contribution in [2.45, 2.75) is 37.2 Å². The molecule has 16 heteroatoms. The number of benzene rings is 5. The summed E-state index contributed by atoms with van der Waals surface area (Å²) in [5, 5.41) is 37.4. The zero-order valence-corrected chi connectivity index (χ0v) is 35.3. The van der Waals surface area contributed by atoms with Gasteiger partial charge in [-0.2, -0.15) is 0 Å². The van der Waals surface area contributed by atoms with E-state index in [1.54, 1.807) is 24.3 Å². The highest BCUT2D eigenvalue weighted by Gasteiger charge is 2.28. The van der Waals surface area contributed by atoms with Crippen LogP contribution in [0.5, 0.6) is 11.5 Å². The molecule has 0 saturated heterocycles. The summed E-state index contributed by atoms with van der Waals surface area (Å²) >= 11 is 14.5. The van der Waals surface area contributed by atoms with Gasteiger partial charge in [0.25, 0.3) is 0 Å². The lowest BCUT2D eigenvalue weighted by Gasteiger charge is -2.28. The average Bonchev–Trinajstić information content (AvgIpc) is 3.20. The molecule has 0 aromatic heterocycles. The average molecular weight is 883 g/mol. The topological polar surface area (TPSA) is 202 Å². The zero-order chi connectivity index (χ0) is 44.1. The van der Waals surface area contributed by atoms with Crippen molar-refractivity contribution >= 4 is 92.2 Å². The number of hydrogen-bond donors (Lipinski definition) is 4. The smallest absolute Gasteiger partial charge is 0.344 e. The van der Waals surface area contributed by atoms with Crippen LogP contribution in [0.15, 0.2) is 109 Å². The summed E-state index contributed by atoms with van der Waals surface area (Å²) in [4.78, 5) is 71.5. The van der Waals surface area contributed by atoms with E-state index in [9.17, 15) is 49.2 Å². The summed E-state index contributed by atoms with van der Waals surface area (Å²) < 4.78 is 11.0. The fourth-order valence-corrected chi connectivity index (χ4v) is 9.14. The molecule has 0 spiro atoms. The highest BCUT2D eigenvalue weighted by Crippen LogP contribution is 2.42. The van der Waals surface area contributed by atoms with Crippen molar-refractivity contribution < 1.29 is 58.7 Å². The first-order valence-corrected chi connectivity index (χ1v) is 20.1. The van der Waals surface area contributed by atoms with Gasteiger partial charge < -0.3 is 29.9 Å². The van der Waals surface area contributed by atoms with Gasteiger partial charge >= 0.3 is 35.8 Å². The Morgan fingerprint density at radius 3 is 1.02 bits per heavy atom. The lowest BCUT2D eigenvalue weighted by molar-refractivity contribution is 0.0661. The molecule has 0 aliphatic carbocycles. The quantitative estimate of drug-likeness (QED) is 0.0466. The van der Waals surface area contributed by atoms with Gasteiger partial charge in [0.1, 0.15) is 11.5 Å². The number of carbonyl (C=O) groups excluding carboxylic acids is 2. The second kappa shape index (κ2) is 18.4. The van der Waals surface area contributed by atoms with Crippen LogP contribution in [0.2, 0.25) is 0 Å². The highest BCUT2D eigenvalue weighted by molar-refractivity contribution is 8.24. The Labute approximate surface area is 362 Å². The van der Waals surface area contributed by atoms with E-state index in [4.69, 9.17) is 33.9 Å². The van der Waals surface area contributed by atoms with Crippen molar-refractivity contribution in [2.75, 3.05) is 0 Å². The number of thiocarbonyl (C=S) groups is 2. The predicted octanol–water partition coefficient (Wildman–Crippen LogP) is 9.61. The van der Waals surface area contributed by atoms with Gasteiger partial charge in [-0.1, -0.05) is 48.7 Å². The Hall–Kier alpha value is -6.20. The molecule has 0 unspecified atom stereocenters. The summed E-state index contributed by atoms with van der Waals surface area (Å²) in [6.45, 7) is 8.17. The minimum absolute atomic E-state index is 0.143. The molecule has 0 radical (unpaired) electrons. The molecule has 0 atom stereocenters. The van der Waals surface area contributed by atoms with E-state index in [-0.39, 0.29) is 33.8 Å². The molecule has 0 aliphatic rings. The van der Waals surface area contributed by atoms with Crippen LogP contribution >= 0.6 is 48.0 Å². The van der Waals surface area contributed by atoms with Crippen molar-refractivity contribution in [1.29, 1.82) is 0 Å². The van der Waals surface area contributed by atoms with Crippen LogP contribution in [-0.4, -0.2) is 64.6 Å². The molecule has 5 aromatic rings. The van der Waals surface area contributed by atoms with Crippen LogP contribution in [0.1, 0.15) is 112 Å². The Morgan fingerprint density at radius 2 is 0.733 bits per heavy atom. The SMILES string of the molecule is CC(C)(SC(=S)c1ccc(OC(=O)c2ccc(C(=O)O)cc2C(=O)O)cc1)c1ccc(C(C)(C)SC(=S)c2ccc(OC(=O)c3ccc(C(=O)O)cc3C(=O)O)cc2)cc1. The second-order valence-electron chi connectivity index (χ2n) is 13.9. The number of aromatic carboxylic acids is 4. The van der Waals surface area contributed by atoms with Gasteiger partial charge in [-0.3, -0.25) is 0 Å². The van der Waals surface area contributed by atoms with E-state index < -0.39 is 56.4 Å². The molecule has 0 fully saturated rings. The number of carboxylic acid groups (broad SMARTS) is 4. The molecule has 4 N–H and O–H groups in total. The maximum atomic E-state index is 12.8. The largest absolute Gasteiger partial charge is 0.478 e. The highest BCUT2D eigenvalue weighted by atomic mass is 32.2. The number of carbonyl (C=O) groups is 6. The molecule has 0 bridgehead atoms. The van der Waals surface area contributed by atoms with Gasteiger partial charge in [-0.15, -0.1) is 23.5 Å². The third-order valence-corrected chi connectivity index (χ3v) is 12.3.